The molecule has 21 heteroatoms. The predicted octanol–water partition coefficient (Wildman–Crippen LogP) is -1.46. The molecule has 4 aliphatic rings. The molecule has 61 heavy (non-hydrogen) atoms. The molecule has 346 valence electrons. The van der Waals surface area contributed by atoms with E-state index in [0.717, 1.165) is 38.5 Å². The molecule has 1 heterocycles. The van der Waals surface area contributed by atoms with Crippen molar-refractivity contribution in [1.82, 2.24) is 31.9 Å². The first-order valence-corrected chi connectivity index (χ1v) is 22.0. The highest BCUT2D eigenvalue weighted by Gasteiger charge is 2.68. The summed E-state index contributed by atoms with van der Waals surface area (Å²) in [5, 5.41) is 25.2. The second-order valence-corrected chi connectivity index (χ2v) is 17.7. The number of rotatable bonds is 28. The second kappa shape index (κ2) is 24.1. The highest BCUT2D eigenvalue weighted by molar-refractivity contribution is 6.47. The summed E-state index contributed by atoms with van der Waals surface area (Å²) in [6.45, 7) is 10.2. The lowest BCUT2D eigenvalue weighted by Crippen LogP contribution is -2.65. The summed E-state index contributed by atoms with van der Waals surface area (Å²) in [6, 6.07) is -5.51. The number of amides is 7. The fraction of sp³-hybridized carbons (Fsp3) is 0.825. The van der Waals surface area contributed by atoms with E-state index < -0.39 is 91.0 Å². The number of hydrogen-bond acceptors (Lipinski definition) is 13. The quantitative estimate of drug-likeness (QED) is 0.0244. The van der Waals surface area contributed by atoms with E-state index in [9.17, 15) is 38.7 Å². The van der Waals surface area contributed by atoms with Crippen molar-refractivity contribution >= 4 is 48.5 Å². The summed E-state index contributed by atoms with van der Waals surface area (Å²) in [4.78, 5) is 90.2. The van der Waals surface area contributed by atoms with E-state index in [1.165, 1.54) is 26.2 Å². The van der Waals surface area contributed by atoms with Crippen LogP contribution in [0, 0.1) is 17.3 Å². The molecule has 7 amide bonds. The number of hydrogen-bond donors (Lipinski definition) is 11. The van der Waals surface area contributed by atoms with E-state index in [1.807, 2.05) is 6.92 Å². The maximum absolute atomic E-state index is 13.4. The highest BCUT2D eigenvalue weighted by atomic mass is 16.7. The molecule has 20 nitrogen and oxygen atoms in total. The van der Waals surface area contributed by atoms with Crippen LogP contribution in [0.25, 0.3) is 0 Å². The van der Waals surface area contributed by atoms with Gasteiger partial charge in [-0.25, -0.2) is 0 Å². The molecule has 1 aliphatic heterocycles. The Kier molecular flexibility index (Phi) is 20.3. The lowest BCUT2D eigenvalue weighted by atomic mass is 9.43. The number of nitrogens with two attached hydrogens (primary N) is 4. The number of aliphatic hydroxyl groups is 1. The molecule has 15 N–H and O–H groups in total. The van der Waals surface area contributed by atoms with Crippen LogP contribution < -0.4 is 54.8 Å². The Balaban J connectivity index is 1.52. The molecule has 10 atom stereocenters. The Morgan fingerprint density at radius 2 is 1.43 bits per heavy atom. The Morgan fingerprint density at radius 1 is 0.770 bits per heavy atom. The summed E-state index contributed by atoms with van der Waals surface area (Å²) < 4.78 is 12.4. The normalized spacial score (nSPS) is 24.0. The molecule has 4 fully saturated rings. The van der Waals surface area contributed by atoms with Gasteiger partial charge in [-0.1, -0.05) is 59.3 Å². The maximum atomic E-state index is 13.4. The van der Waals surface area contributed by atoms with Gasteiger partial charge in [0.2, 0.25) is 35.4 Å². The smallest absolute Gasteiger partial charge is 0.403 e. The first-order chi connectivity index (χ1) is 28.7. The molecule has 3 aliphatic carbocycles. The lowest BCUT2D eigenvalue weighted by Gasteiger charge is -2.64. The molecule has 0 aromatic rings. The van der Waals surface area contributed by atoms with Crippen LogP contribution in [0.1, 0.15) is 131 Å². The average Bonchev–Trinajstić information content (AvgIpc) is 3.56. The monoisotopic (exact) mass is 865 g/mol. The molecule has 1 saturated heterocycles. The molecule has 0 spiro atoms. The molecule has 2 bridgehead atoms. The van der Waals surface area contributed by atoms with Gasteiger partial charge in [0.05, 0.1) is 24.2 Å². The van der Waals surface area contributed by atoms with Crippen molar-refractivity contribution in [3.8, 4) is 0 Å². The topological polar surface area (TPSA) is 334 Å². The van der Waals surface area contributed by atoms with Crippen molar-refractivity contribution in [2.75, 3.05) is 13.1 Å². The number of carbonyl (C=O) groups excluding carboxylic acids is 7. The minimum atomic E-state index is -1.83. The SMILES string of the molecule is CCCCCCCCCC(=O)NCCC(=O)N[C@@H](CCCCN)C(=O)N[C@H](C(=O)N[C@@H](N)C(=O)N[C@@H](CC(N)=O)C(=O)N[C@@H](N)B1OC2C[C@@H]3C[C@@H](C3(C)C)[C@]2(C)O1)[C@@H](C)O. The van der Waals surface area contributed by atoms with Crippen LogP contribution >= 0.6 is 0 Å². The van der Waals surface area contributed by atoms with Crippen molar-refractivity contribution in [2.45, 2.75) is 179 Å². The van der Waals surface area contributed by atoms with Gasteiger partial charge in [-0.3, -0.25) is 33.6 Å². The fourth-order valence-electron chi connectivity index (χ4n) is 8.70. The molecule has 3 saturated carbocycles. The maximum Gasteiger partial charge on any atom is 0.497 e. The number of nitrogens with one attached hydrogen (secondary N) is 6. The van der Waals surface area contributed by atoms with Crippen LogP contribution in [-0.2, 0) is 42.9 Å². The minimum Gasteiger partial charge on any atom is -0.403 e. The highest BCUT2D eigenvalue weighted by Crippen LogP contribution is 2.65. The molecular formula is C40H73BN10O10. The molecule has 0 radical (unpaired) electrons. The summed E-state index contributed by atoms with van der Waals surface area (Å²) in [6.07, 6.45) is 6.51. The Labute approximate surface area is 360 Å². The van der Waals surface area contributed by atoms with Crippen molar-refractivity contribution in [2.24, 2.45) is 40.2 Å². The predicted molar refractivity (Wildman–Crippen MR) is 227 cm³/mol. The van der Waals surface area contributed by atoms with Gasteiger partial charge in [-0.15, -0.1) is 0 Å². The third kappa shape index (κ3) is 14.9. The lowest BCUT2D eigenvalue weighted by molar-refractivity contribution is -0.199. The zero-order chi connectivity index (χ0) is 45.5. The Morgan fingerprint density at radius 3 is 2.05 bits per heavy atom. The summed E-state index contributed by atoms with van der Waals surface area (Å²) >= 11 is 0. The van der Waals surface area contributed by atoms with Gasteiger partial charge in [0.25, 0.3) is 5.91 Å². The zero-order valence-electron chi connectivity index (χ0n) is 36.7. The molecular weight excluding hydrogens is 791 g/mol. The zero-order valence-corrected chi connectivity index (χ0v) is 36.7. The van der Waals surface area contributed by atoms with Crippen LogP contribution in [0.3, 0.4) is 0 Å². The van der Waals surface area contributed by atoms with Crippen molar-refractivity contribution in [1.29, 1.82) is 0 Å². The number of unbranched alkanes of at least 4 members (excludes halogenated alkanes) is 7. The number of primary amides is 1. The van der Waals surface area contributed by atoms with Gasteiger partial charge in [0.15, 0.2) is 6.17 Å². The molecule has 1 unspecified atom stereocenters. The van der Waals surface area contributed by atoms with E-state index in [-0.39, 0.29) is 42.7 Å². The van der Waals surface area contributed by atoms with Gasteiger partial charge in [0.1, 0.15) is 24.2 Å². The Hall–Kier alpha value is -3.89. The third-order valence-corrected chi connectivity index (χ3v) is 12.5. The van der Waals surface area contributed by atoms with Crippen LogP contribution in [-0.4, -0.2) is 115 Å². The second-order valence-electron chi connectivity index (χ2n) is 17.7. The van der Waals surface area contributed by atoms with Crippen LogP contribution in [0.5, 0.6) is 0 Å². The average molecular weight is 865 g/mol. The van der Waals surface area contributed by atoms with Crippen molar-refractivity contribution in [3.05, 3.63) is 0 Å². The minimum absolute atomic E-state index is 0.0638. The van der Waals surface area contributed by atoms with E-state index in [4.69, 9.17) is 32.2 Å². The largest absolute Gasteiger partial charge is 0.497 e. The number of aliphatic hydroxyl groups excluding tert-OH is 1. The van der Waals surface area contributed by atoms with Gasteiger partial charge in [0, 0.05) is 19.4 Å². The summed E-state index contributed by atoms with van der Waals surface area (Å²) in [5.41, 5.74) is 22.7. The van der Waals surface area contributed by atoms with Gasteiger partial charge in [-0.2, -0.15) is 0 Å². The van der Waals surface area contributed by atoms with E-state index in [1.54, 1.807) is 0 Å². The Bertz CT molecular complexity index is 1520. The van der Waals surface area contributed by atoms with Crippen LogP contribution in [0.2, 0.25) is 0 Å². The van der Waals surface area contributed by atoms with E-state index in [0.29, 0.717) is 31.7 Å². The van der Waals surface area contributed by atoms with Gasteiger partial charge >= 0.3 is 7.12 Å². The first kappa shape index (κ1) is 51.5. The van der Waals surface area contributed by atoms with Crippen LogP contribution in [0.4, 0.5) is 0 Å². The van der Waals surface area contributed by atoms with E-state index in [2.05, 4.69) is 52.7 Å². The fourth-order valence-corrected chi connectivity index (χ4v) is 8.70. The van der Waals surface area contributed by atoms with Crippen LogP contribution in [0.15, 0.2) is 0 Å². The first-order valence-electron chi connectivity index (χ1n) is 22.0. The van der Waals surface area contributed by atoms with E-state index >= 15 is 0 Å². The van der Waals surface area contributed by atoms with Gasteiger partial charge < -0.3 is 69.3 Å². The molecule has 0 aromatic heterocycles. The van der Waals surface area contributed by atoms with Crippen molar-refractivity contribution < 1.29 is 48.0 Å². The molecule has 0 aromatic carbocycles. The molecule has 4 rings (SSSR count). The van der Waals surface area contributed by atoms with Crippen molar-refractivity contribution in [3.63, 3.8) is 0 Å². The summed E-state index contributed by atoms with van der Waals surface area (Å²) in [5.74, 6) is -4.76. The standard InChI is InChI=1S/C40H73BN10O10/c1-6-7-8-9-10-11-12-16-30(54)46-19-17-31(55)47-25(15-13-14-18-42)34(56)49-32(23(2)52)36(58)50-33(44)37(59)48-26(22-29(43)53)35(57)51-38(45)41-60-28-21-24-20-27(39(24,3)4)40(28,5)61-41/h23-28,32-33,38,52H,6-22,42,44-45H2,1-5H3,(H2,43,53)(H,46,54)(H,47,55)(H,48,59)(H,49,56)(H,50,58)(H,51,57)/t23-,24+,25+,26+,27+,28?,32+,33-,38-,40+/m1/s1. The third-order valence-electron chi connectivity index (χ3n) is 12.5. The summed E-state index contributed by atoms with van der Waals surface area (Å²) in [7, 11) is -1.00. The number of carbonyl (C=O) groups is 7. The van der Waals surface area contributed by atoms with Gasteiger partial charge in [-0.05, 0) is 76.2 Å².